The summed E-state index contributed by atoms with van der Waals surface area (Å²) in [4.78, 5) is 8.93. The van der Waals surface area contributed by atoms with E-state index in [2.05, 4.69) is 20.6 Å². The standard InChI is InChI=1S/C21H22F2N4O/c1-2-24-21(26-13-15-3-7-17(22)8-4-15)25-12-11-19-14-28-20(27-19)16-5-9-18(23)10-6-16/h3-10,14H,2,11-13H2,1H3,(H2,24,25,26). The van der Waals surface area contributed by atoms with Gasteiger partial charge < -0.3 is 15.1 Å². The predicted octanol–water partition coefficient (Wildman–Crippen LogP) is 3.92. The summed E-state index contributed by atoms with van der Waals surface area (Å²) < 4.78 is 31.5. The number of oxazole rings is 1. The van der Waals surface area contributed by atoms with Crippen LogP contribution in [0.3, 0.4) is 0 Å². The Morgan fingerprint density at radius 3 is 2.36 bits per heavy atom. The average molecular weight is 384 g/mol. The molecule has 3 rings (SSSR count). The van der Waals surface area contributed by atoms with Gasteiger partial charge in [-0.05, 0) is 48.9 Å². The van der Waals surface area contributed by atoms with Crippen LogP contribution in [0.2, 0.25) is 0 Å². The molecule has 0 unspecified atom stereocenters. The van der Waals surface area contributed by atoms with Crippen molar-refractivity contribution in [2.45, 2.75) is 19.9 Å². The van der Waals surface area contributed by atoms with E-state index < -0.39 is 0 Å². The van der Waals surface area contributed by atoms with Crippen molar-refractivity contribution in [2.75, 3.05) is 13.1 Å². The quantitative estimate of drug-likeness (QED) is 0.479. The Balaban J connectivity index is 1.53. The topological polar surface area (TPSA) is 62.5 Å². The summed E-state index contributed by atoms with van der Waals surface area (Å²) in [5, 5.41) is 6.41. The van der Waals surface area contributed by atoms with Crippen molar-refractivity contribution in [1.82, 2.24) is 15.6 Å². The fourth-order valence-corrected chi connectivity index (χ4v) is 2.56. The Bertz CT molecular complexity index is 905. The first-order chi connectivity index (χ1) is 13.6. The summed E-state index contributed by atoms with van der Waals surface area (Å²) in [6.07, 6.45) is 2.24. The predicted molar refractivity (Wildman–Crippen MR) is 105 cm³/mol. The number of nitrogens with zero attached hydrogens (tertiary/aromatic N) is 2. The molecule has 0 saturated heterocycles. The zero-order valence-corrected chi connectivity index (χ0v) is 15.6. The van der Waals surface area contributed by atoms with Crippen LogP contribution in [-0.2, 0) is 13.0 Å². The molecule has 2 aromatic carbocycles. The molecule has 7 heteroatoms. The van der Waals surface area contributed by atoms with Gasteiger partial charge in [-0.25, -0.2) is 18.8 Å². The molecule has 3 aromatic rings. The van der Waals surface area contributed by atoms with Gasteiger partial charge in [-0.1, -0.05) is 12.1 Å². The highest BCUT2D eigenvalue weighted by Gasteiger charge is 2.07. The van der Waals surface area contributed by atoms with Crippen LogP contribution in [0.1, 0.15) is 18.2 Å². The molecular weight excluding hydrogens is 362 g/mol. The van der Waals surface area contributed by atoms with E-state index in [1.807, 2.05) is 6.92 Å². The Labute approximate surface area is 162 Å². The van der Waals surface area contributed by atoms with Crippen LogP contribution in [-0.4, -0.2) is 24.0 Å². The fourth-order valence-electron chi connectivity index (χ4n) is 2.56. The van der Waals surface area contributed by atoms with E-state index in [0.717, 1.165) is 23.4 Å². The van der Waals surface area contributed by atoms with E-state index >= 15 is 0 Å². The van der Waals surface area contributed by atoms with Gasteiger partial charge in [0.25, 0.3) is 0 Å². The van der Waals surface area contributed by atoms with Gasteiger partial charge in [-0.3, -0.25) is 0 Å². The minimum Gasteiger partial charge on any atom is -0.444 e. The number of rotatable bonds is 7. The van der Waals surface area contributed by atoms with E-state index in [-0.39, 0.29) is 11.6 Å². The molecule has 1 heterocycles. The van der Waals surface area contributed by atoms with Gasteiger partial charge in [-0.2, -0.15) is 0 Å². The van der Waals surface area contributed by atoms with Crippen LogP contribution >= 0.6 is 0 Å². The van der Waals surface area contributed by atoms with Gasteiger partial charge in [0.15, 0.2) is 5.96 Å². The fraction of sp³-hybridized carbons (Fsp3) is 0.238. The second-order valence-corrected chi connectivity index (χ2v) is 6.15. The second-order valence-electron chi connectivity index (χ2n) is 6.15. The summed E-state index contributed by atoms with van der Waals surface area (Å²) >= 11 is 0. The summed E-state index contributed by atoms with van der Waals surface area (Å²) in [5.74, 6) is 0.585. The second kappa shape index (κ2) is 9.64. The molecule has 0 amide bonds. The molecule has 2 N–H and O–H groups in total. The maximum atomic E-state index is 13.0. The van der Waals surface area contributed by atoms with E-state index in [9.17, 15) is 8.78 Å². The number of hydrogen-bond donors (Lipinski definition) is 2. The maximum absolute atomic E-state index is 13.0. The molecule has 0 bridgehead atoms. The van der Waals surface area contributed by atoms with Crippen molar-refractivity contribution in [2.24, 2.45) is 4.99 Å². The molecule has 1 aromatic heterocycles. The lowest BCUT2D eigenvalue weighted by Crippen LogP contribution is -2.38. The highest BCUT2D eigenvalue weighted by atomic mass is 19.1. The van der Waals surface area contributed by atoms with Gasteiger partial charge >= 0.3 is 0 Å². The van der Waals surface area contributed by atoms with Crippen molar-refractivity contribution in [1.29, 1.82) is 0 Å². The first kappa shape index (κ1) is 19.5. The van der Waals surface area contributed by atoms with Crippen molar-refractivity contribution < 1.29 is 13.2 Å². The molecule has 5 nitrogen and oxygen atoms in total. The van der Waals surface area contributed by atoms with Gasteiger partial charge in [0.1, 0.15) is 17.9 Å². The molecular formula is C21H22F2N4O. The lowest BCUT2D eigenvalue weighted by Gasteiger charge is -2.10. The third-order valence-electron chi connectivity index (χ3n) is 3.99. The molecule has 0 aliphatic rings. The molecule has 0 fully saturated rings. The zero-order valence-electron chi connectivity index (χ0n) is 15.6. The van der Waals surface area contributed by atoms with Crippen LogP contribution in [0.4, 0.5) is 8.78 Å². The zero-order chi connectivity index (χ0) is 19.8. The minimum atomic E-state index is -0.296. The van der Waals surface area contributed by atoms with E-state index in [1.165, 1.54) is 24.3 Å². The van der Waals surface area contributed by atoms with Crippen molar-refractivity contribution in [3.63, 3.8) is 0 Å². The number of halogens is 2. The lowest BCUT2D eigenvalue weighted by molar-refractivity contribution is 0.571. The molecule has 0 aliphatic carbocycles. The molecule has 0 spiro atoms. The van der Waals surface area contributed by atoms with E-state index in [0.29, 0.717) is 31.4 Å². The number of guanidine groups is 1. The summed E-state index contributed by atoms with van der Waals surface area (Å²) in [5.41, 5.74) is 2.45. The number of aromatic nitrogens is 1. The van der Waals surface area contributed by atoms with Gasteiger partial charge in [-0.15, -0.1) is 0 Å². The van der Waals surface area contributed by atoms with Gasteiger partial charge in [0.05, 0.1) is 12.2 Å². The van der Waals surface area contributed by atoms with E-state index in [1.54, 1.807) is 30.5 Å². The van der Waals surface area contributed by atoms with Crippen molar-refractivity contribution in [3.05, 3.63) is 77.7 Å². The number of hydrogen-bond acceptors (Lipinski definition) is 3. The van der Waals surface area contributed by atoms with Crippen molar-refractivity contribution in [3.8, 4) is 11.5 Å². The van der Waals surface area contributed by atoms with Gasteiger partial charge in [0, 0.05) is 25.1 Å². The molecule has 0 radical (unpaired) electrons. The van der Waals surface area contributed by atoms with Crippen LogP contribution in [0.5, 0.6) is 0 Å². The Kier molecular flexibility index (Phi) is 6.73. The Hall–Kier alpha value is -3.22. The first-order valence-corrected chi connectivity index (χ1v) is 9.11. The third-order valence-corrected chi connectivity index (χ3v) is 3.99. The molecule has 0 saturated carbocycles. The average Bonchev–Trinajstić information content (AvgIpc) is 3.17. The summed E-state index contributed by atoms with van der Waals surface area (Å²) in [6, 6.07) is 12.3. The van der Waals surface area contributed by atoms with Crippen LogP contribution in [0.25, 0.3) is 11.5 Å². The molecule has 146 valence electrons. The number of aliphatic imine (C=N–C) groups is 1. The first-order valence-electron chi connectivity index (χ1n) is 9.11. The summed E-state index contributed by atoms with van der Waals surface area (Å²) in [6.45, 7) is 3.79. The lowest BCUT2D eigenvalue weighted by atomic mass is 10.2. The minimum absolute atomic E-state index is 0.259. The highest BCUT2D eigenvalue weighted by molar-refractivity contribution is 5.79. The molecule has 0 atom stereocenters. The Morgan fingerprint density at radius 1 is 1.00 bits per heavy atom. The summed E-state index contributed by atoms with van der Waals surface area (Å²) in [7, 11) is 0. The largest absolute Gasteiger partial charge is 0.444 e. The Morgan fingerprint density at radius 2 is 1.68 bits per heavy atom. The molecule has 0 aliphatic heterocycles. The van der Waals surface area contributed by atoms with Gasteiger partial charge in [0.2, 0.25) is 5.89 Å². The normalized spacial score (nSPS) is 11.5. The third kappa shape index (κ3) is 5.64. The van der Waals surface area contributed by atoms with Crippen LogP contribution < -0.4 is 10.6 Å². The highest BCUT2D eigenvalue weighted by Crippen LogP contribution is 2.18. The smallest absolute Gasteiger partial charge is 0.226 e. The maximum Gasteiger partial charge on any atom is 0.226 e. The van der Waals surface area contributed by atoms with Crippen LogP contribution in [0.15, 0.2) is 64.2 Å². The van der Waals surface area contributed by atoms with E-state index in [4.69, 9.17) is 4.42 Å². The SMILES string of the molecule is CCNC(=NCc1ccc(F)cc1)NCCc1coc(-c2ccc(F)cc2)n1. The monoisotopic (exact) mass is 384 g/mol. The molecule has 28 heavy (non-hydrogen) atoms. The number of nitrogens with one attached hydrogen (secondary N) is 2. The van der Waals surface area contributed by atoms with Crippen molar-refractivity contribution >= 4 is 5.96 Å². The van der Waals surface area contributed by atoms with Crippen LogP contribution in [0, 0.1) is 11.6 Å². The number of benzene rings is 2.